The SMILES string of the molecule is CCCCCCc1cnnn1C(C)C(C)C. The van der Waals surface area contributed by atoms with Crippen LogP contribution in [0.2, 0.25) is 0 Å². The zero-order valence-electron chi connectivity index (χ0n) is 11.1. The summed E-state index contributed by atoms with van der Waals surface area (Å²) in [7, 11) is 0. The molecule has 1 unspecified atom stereocenters. The summed E-state index contributed by atoms with van der Waals surface area (Å²) in [6.07, 6.45) is 8.24. The lowest BCUT2D eigenvalue weighted by molar-refractivity contribution is 0.357. The third kappa shape index (κ3) is 3.62. The molecule has 1 aromatic heterocycles. The molecule has 0 fully saturated rings. The van der Waals surface area contributed by atoms with Gasteiger partial charge in [-0.3, -0.25) is 0 Å². The maximum absolute atomic E-state index is 4.20. The summed E-state index contributed by atoms with van der Waals surface area (Å²) in [5.74, 6) is 0.607. The van der Waals surface area contributed by atoms with Gasteiger partial charge in [-0.1, -0.05) is 45.2 Å². The van der Waals surface area contributed by atoms with Gasteiger partial charge < -0.3 is 0 Å². The number of unbranched alkanes of at least 4 members (excludes halogenated alkanes) is 3. The van der Waals surface area contributed by atoms with E-state index in [0.717, 1.165) is 6.42 Å². The Kier molecular flexibility index (Phi) is 5.50. The first kappa shape index (κ1) is 13.2. The molecule has 92 valence electrons. The number of hydrogen-bond donors (Lipinski definition) is 0. The highest BCUT2D eigenvalue weighted by Crippen LogP contribution is 2.18. The molecule has 16 heavy (non-hydrogen) atoms. The van der Waals surface area contributed by atoms with Crippen molar-refractivity contribution in [3.05, 3.63) is 11.9 Å². The van der Waals surface area contributed by atoms with Crippen LogP contribution < -0.4 is 0 Å². The quantitative estimate of drug-likeness (QED) is 0.661. The number of aryl methyl sites for hydroxylation is 1. The van der Waals surface area contributed by atoms with Crippen LogP contribution in [0.5, 0.6) is 0 Å². The largest absolute Gasteiger partial charge is 0.246 e. The molecule has 0 saturated carbocycles. The molecule has 0 spiro atoms. The summed E-state index contributed by atoms with van der Waals surface area (Å²) in [5, 5.41) is 8.24. The first-order valence-corrected chi connectivity index (χ1v) is 6.55. The third-order valence-electron chi connectivity index (χ3n) is 3.29. The fourth-order valence-corrected chi connectivity index (χ4v) is 1.80. The summed E-state index contributed by atoms with van der Waals surface area (Å²) in [5.41, 5.74) is 1.29. The van der Waals surface area contributed by atoms with E-state index in [1.54, 1.807) is 0 Å². The minimum atomic E-state index is 0.448. The van der Waals surface area contributed by atoms with Crippen molar-refractivity contribution >= 4 is 0 Å². The normalized spacial score (nSPS) is 13.3. The average Bonchev–Trinajstić information content (AvgIpc) is 2.71. The van der Waals surface area contributed by atoms with Crippen molar-refractivity contribution in [2.24, 2.45) is 5.92 Å². The molecule has 0 aliphatic rings. The Labute approximate surface area is 99.2 Å². The van der Waals surface area contributed by atoms with Crippen molar-refractivity contribution in [1.82, 2.24) is 15.0 Å². The summed E-state index contributed by atoms with van der Waals surface area (Å²) < 4.78 is 2.09. The lowest BCUT2D eigenvalue weighted by Crippen LogP contribution is -2.15. The minimum absolute atomic E-state index is 0.448. The molecule has 1 rings (SSSR count). The zero-order valence-corrected chi connectivity index (χ0v) is 11.1. The molecule has 3 nitrogen and oxygen atoms in total. The highest BCUT2D eigenvalue weighted by atomic mass is 15.4. The topological polar surface area (TPSA) is 30.7 Å². The molecule has 0 N–H and O–H groups in total. The fourth-order valence-electron chi connectivity index (χ4n) is 1.80. The molecule has 0 aromatic carbocycles. The first-order valence-electron chi connectivity index (χ1n) is 6.55. The van der Waals surface area contributed by atoms with E-state index < -0.39 is 0 Å². The maximum atomic E-state index is 4.20. The Morgan fingerprint density at radius 1 is 1.19 bits per heavy atom. The van der Waals surface area contributed by atoms with Gasteiger partial charge in [0, 0.05) is 0 Å². The summed E-state index contributed by atoms with van der Waals surface area (Å²) >= 11 is 0. The van der Waals surface area contributed by atoms with Crippen molar-refractivity contribution in [3.8, 4) is 0 Å². The van der Waals surface area contributed by atoms with Gasteiger partial charge in [-0.2, -0.15) is 0 Å². The molecular formula is C13H25N3. The van der Waals surface area contributed by atoms with Crippen LogP contribution in [-0.4, -0.2) is 15.0 Å². The van der Waals surface area contributed by atoms with Gasteiger partial charge in [0.2, 0.25) is 0 Å². The van der Waals surface area contributed by atoms with Gasteiger partial charge in [-0.15, -0.1) is 5.10 Å². The predicted molar refractivity (Wildman–Crippen MR) is 67.4 cm³/mol. The molecule has 0 amide bonds. The Hall–Kier alpha value is -0.860. The number of nitrogens with zero attached hydrogens (tertiary/aromatic N) is 3. The average molecular weight is 223 g/mol. The lowest BCUT2D eigenvalue weighted by atomic mass is 10.1. The highest BCUT2D eigenvalue weighted by molar-refractivity contribution is 4.96. The van der Waals surface area contributed by atoms with E-state index in [4.69, 9.17) is 0 Å². The molecule has 1 aromatic rings. The summed E-state index contributed by atoms with van der Waals surface area (Å²) in [6.45, 7) is 8.92. The van der Waals surface area contributed by atoms with Gasteiger partial charge in [0.25, 0.3) is 0 Å². The van der Waals surface area contributed by atoms with Gasteiger partial charge in [-0.05, 0) is 25.7 Å². The minimum Gasteiger partial charge on any atom is -0.246 e. The molecule has 1 heterocycles. The maximum Gasteiger partial charge on any atom is 0.0725 e. The molecular weight excluding hydrogens is 198 g/mol. The highest BCUT2D eigenvalue weighted by Gasteiger charge is 2.13. The molecule has 0 bridgehead atoms. The van der Waals surface area contributed by atoms with Crippen molar-refractivity contribution in [3.63, 3.8) is 0 Å². The van der Waals surface area contributed by atoms with E-state index in [0.29, 0.717) is 12.0 Å². The van der Waals surface area contributed by atoms with Crippen molar-refractivity contribution in [2.45, 2.75) is 65.8 Å². The van der Waals surface area contributed by atoms with E-state index in [9.17, 15) is 0 Å². The van der Waals surface area contributed by atoms with E-state index in [2.05, 4.69) is 42.7 Å². The molecule has 0 saturated heterocycles. The van der Waals surface area contributed by atoms with Gasteiger partial charge in [0.05, 0.1) is 17.9 Å². The standard InChI is InChI=1S/C13H25N3/c1-5-6-7-8-9-13-10-14-15-16(13)12(4)11(2)3/h10-12H,5-9H2,1-4H3. The van der Waals surface area contributed by atoms with Crippen LogP contribution in [0.4, 0.5) is 0 Å². The van der Waals surface area contributed by atoms with Crippen LogP contribution in [0, 0.1) is 5.92 Å². The van der Waals surface area contributed by atoms with Gasteiger partial charge >= 0.3 is 0 Å². The van der Waals surface area contributed by atoms with Gasteiger partial charge in [-0.25, -0.2) is 4.68 Å². The van der Waals surface area contributed by atoms with Crippen LogP contribution in [0.3, 0.4) is 0 Å². The Morgan fingerprint density at radius 2 is 1.94 bits per heavy atom. The predicted octanol–water partition coefficient (Wildman–Crippen LogP) is 3.62. The number of aromatic nitrogens is 3. The van der Waals surface area contributed by atoms with Crippen LogP contribution >= 0.6 is 0 Å². The van der Waals surface area contributed by atoms with E-state index >= 15 is 0 Å². The lowest BCUT2D eigenvalue weighted by Gasteiger charge is -2.17. The van der Waals surface area contributed by atoms with Crippen LogP contribution in [-0.2, 0) is 6.42 Å². The van der Waals surface area contributed by atoms with Crippen LogP contribution in [0.15, 0.2) is 6.20 Å². The van der Waals surface area contributed by atoms with Crippen molar-refractivity contribution in [2.75, 3.05) is 0 Å². The summed E-state index contributed by atoms with van der Waals surface area (Å²) in [6, 6.07) is 0.448. The number of rotatable bonds is 7. The van der Waals surface area contributed by atoms with E-state index in [1.165, 1.54) is 31.4 Å². The van der Waals surface area contributed by atoms with Crippen molar-refractivity contribution in [1.29, 1.82) is 0 Å². The first-order chi connectivity index (χ1) is 7.66. The van der Waals surface area contributed by atoms with E-state index in [1.807, 2.05) is 6.20 Å². The second kappa shape index (κ2) is 6.66. The Balaban J connectivity index is 2.50. The smallest absolute Gasteiger partial charge is 0.0725 e. The zero-order chi connectivity index (χ0) is 12.0. The monoisotopic (exact) mass is 223 g/mol. The molecule has 0 radical (unpaired) electrons. The molecule has 0 aliphatic carbocycles. The number of hydrogen-bond acceptors (Lipinski definition) is 2. The van der Waals surface area contributed by atoms with Crippen LogP contribution in [0.25, 0.3) is 0 Å². The van der Waals surface area contributed by atoms with E-state index in [-0.39, 0.29) is 0 Å². The fraction of sp³-hybridized carbons (Fsp3) is 0.846. The van der Waals surface area contributed by atoms with Crippen LogP contribution in [0.1, 0.15) is 65.1 Å². The Bertz CT molecular complexity index is 291. The third-order valence-corrected chi connectivity index (χ3v) is 3.29. The van der Waals surface area contributed by atoms with Gasteiger partial charge in [0.15, 0.2) is 0 Å². The molecule has 0 aliphatic heterocycles. The molecule has 3 heteroatoms. The van der Waals surface area contributed by atoms with Gasteiger partial charge in [0.1, 0.15) is 0 Å². The van der Waals surface area contributed by atoms with Crippen molar-refractivity contribution < 1.29 is 0 Å². The second-order valence-corrected chi connectivity index (χ2v) is 4.97. The second-order valence-electron chi connectivity index (χ2n) is 4.97. The summed E-state index contributed by atoms with van der Waals surface area (Å²) in [4.78, 5) is 0. The molecule has 1 atom stereocenters. The Morgan fingerprint density at radius 3 is 2.56 bits per heavy atom.